The zero-order chi connectivity index (χ0) is 23.3. The molecule has 2 unspecified atom stereocenters. The number of fused-ring (bicyclic) bond motifs is 11. The Morgan fingerprint density at radius 3 is 1.50 bits per heavy atom. The van der Waals surface area contributed by atoms with Crippen LogP contribution in [0.4, 0.5) is 0 Å². The summed E-state index contributed by atoms with van der Waals surface area (Å²) in [6, 6.07) is 0. The van der Waals surface area contributed by atoms with E-state index in [1.165, 1.54) is 174 Å². The third kappa shape index (κ3) is 9.42. The molecule has 5 aliphatic heterocycles. The Morgan fingerprint density at radius 1 is 0.353 bits per heavy atom. The summed E-state index contributed by atoms with van der Waals surface area (Å²) in [5.74, 6) is 4.01. The molecule has 0 aromatic rings. The normalized spacial score (nSPS) is 38.8. The first-order valence-corrected chi connectivity index (χ1v) is 16.3. The summed E-state index contributed by atoms with van der Waals surface area (Å²) in [4.78, 5) is 5.87. The summed E-state index contributed by atoms with van der Waals surface area (Å²) in [5.41, 5.74) is 0. The molecule has 5 aliphatic rings. The van der Waals surface area contributed by atoms with Gasteiger partial charge in [0.1, 0.15) is 0 Å². The summed E-state index contributed by atoms with van der Waals surface area (Å²) < 4.78 is 0. The van der Waals surface area contributed by atoms with Gasteiger partial charge in [0.25, 0.3) is 0 Å². The quantitative estimate of drug-likeness (QED) is 0.348. The van der Waals surface area contributed by atoms with Gasteiger partial charge in [-0.1, -0.05) is 103 Å². The lowest BCUT2D eigenvalue weighted by molar-refractivity contribution is 0.0185. The highest BCUT2D eigenvalue weighted by Gasteiger charge is 2.38. The molecule has 0 radical (unpaired) electrons. The van der Waals surface area contributed by atoms with Crippen molar-refractivity contribution in [1.29, 1.82) is 0 Å². The molecule has 0 aromatic carbocycles. The molecular weight excluding hydrogens is 412 g/mol. The third-order valence-corrected chi connectivity index (χ3v) is 10.3. The van der Waals surface area contributed by atoms with Crippen LogP contribution in [0.3, 0.4) is 0 Å². The molecule has 6 bridgehead atoms. The zero-order valence-corrected chi connectivity index (χ0v) is 23.0. The minimum atomic E-state index is 0.991. The standard InChI is InChI=1S/C32H60N2/c1-2-5-10-14-18-23-34-26-29-19-15-11-7-4-6-9-13-17-22-33-24-21-32(31(25-29)28-34)30(27-33)20-16-12-8-3-1/h29-32H,1-28H2/t29-,30+,31+,32-/m1/s1. The maximum absolute atomic E-state index is 2.97. The van der Waals surface area contributed by atoms with Crippen LogP contribution in [0.5, 0.6) is 0 Å². The van der Waals surface area contributed by atoms with Crippen LogP contribution in [0.15, 0.2) is 0 Å². The van der Waals surface area contributed by atoms with Crippen molar-refractivity contribution in [2.45, 2.75) is 141 Å². The number of nitrogens with zero attached hydrogens (tertiary/aromatic N) is 2. The fraction of sp³-hybridized carbons (Fsp3) is 1.00. The van der Waals surface area contributed by atoms with Gasteiger partial charge in [-0.05, 0) is 81.8 Å². The summed E-state index contributed by atoms with van der Waals surface area (Å²) in [7, 11) is 0. The lowest BCUT2D eigenvalue weighted by atomic mass is 9.69. The van der Waals surface area contributed by atoms with Crippen molar-refractivity contribution in [3.05, 3.63) is 0 Å². The monoisotopic (exact) mass is 472 g/mol. The van der Waals surface area contributed by atoms with E-state index in [0.29, 0.717) is 0 Å². The Kier molecular flexibility index (Phi) is 12.6. The Bertz CT molecular complexity index is 505. The van der Waals surface area contributed by atoms with Gasteiger partial charge in [0, 0.05) is 19.6 Å². The van der Waals surface area contributed by atoms with Crippen LogP contribution < -0.4 is 0 Å². The molecule has 198 valence electrons. The molecule has 5 heterocycles. The van der Waals surface area contributed by atoms with Crippen molar-refractivity contribution < 1.29 is 0 Å². The van der Waals surface area contributed by atoms with Gasteiger partial charge in [-0.2, -0.15) is 0 Å². The van der Waals surface area contributed by atoms with E-state index < -0.39 is 0 Å². The highest BCUT2D eigenvalue weighted by atomic mass is 15.1. The SMILES string of the molecule is C1CCCCCCN2C[C@@H]3CCCCCCCCCCN4CC[C@H]([C@@H](CCCCC1)C4)[C@@H](C3)C2. The molecule has 5 fully saturated rings. The fourth-order valence-electron chi connectivity index (χ4n) is 8.29. The minimum Gasteiger partial charge on any atom is -0.303 e. The Morgan fingerprint density at radius 2 is 0.853 bits per heavy atom. The first-order valence-electron chi connectivity index (χ1n) is 16.3. The second-order valence-corrected chi connectivity index (χ2v) is 13.1. The van der Waals surface area contributed by atoms with Crippen LogP contribution in [0.2, 0.25) is 0 Å². The van der Waals surface area contributed by atoms with E-state index in [1.54, 1.807) is 6.42 Å². The van der Waals surface area contributed by atoms with Crippen molar-refractivity contribution in [2.24, 2.45) is 23.7 Å². The van der Waals surface area contributed by atoms with Crippen LogP contribution in [0, 0.1) is 23.7 Å². The average molecular weight is 473 g/mol. The lowest BCUT2D eigenvalue weighted by Crippen LogP contribution is -2.49. The van der Waals surface area contributed by atoms with Gasteiger partial charge < -0.3 is 9.80 Å². The molecule has 34 heavy (non-hydrogen) atoms. The Hall–Kier alpha value is -0.0800. The molecule has 5 rings (SSSR count). The van der Waals surface area contributed by atoms with E-state index in [2.05, 4.69) is 9.80 Å². The second-order valence-electron chi connectivity index (χ2n) is 13.1. The van der Waals surface area contributed by atoms with Gasteiger partial charge in [-0.3, -0.25) is 0 Å². The molecule has 0 aromatic heterocycles. The van der Waals surface area contributed by atoms with Gasteiger partial charge >= 0.3 is 0 Å². The van der Waals surface area contributed by atoms with Gasteiger partial charge in [-0.25, -0.2) is 0 Å². The summed E-state index contributed by atoms with van der Waals surface area (Å²) in [6.45, 7) is 8.50. The molecule has 0 amide bonds. The van der Waals surface area contributed by atoms with E-state index in [0.717, 1.165) is 23.7 Å². The second kappa shape index (κ2) is 15.9. The lowest BCUT2D eigenvalue weighted by Gasteiger charge is -2.47. The van der Waals surface area contributed by atoms with Crippen LogP contribution in [-0.2, 0) is 0 Å². The molecule has 5 saturated heterocycles. The summed E-state index contributed by atoms with van der Waals surface area (Å²) >= 11 is 0. The minimum absolute atomic E-state index is 0.991. The average Bonchev–Trinajstić information content (AvgIpc) is 2.85. The van der Waals surface area contributed by atoms with E-state index >= 15 is 0 Å². The van der Waals surface area contributed by atoms with Gasteiger partial charge in [0.15, 0.2) is 0 Å². The van der Waals surface area contributed by atoms with Crippen LogP contribution in [0.25, 0.3) is 0 Å². The van der Waals surface area contributed by atoms with Crippen molar-refractivity contribution >= 4 is 0 Å². The molecule has 0 aliphatic carbocycles. The molecule has 0 saturated carbocycles. The van der Waals surface area contributed by atoms with Crippen molar-refractivity contribution in [2.75, 3.05) is 39.3 Å². The molecule has 0 spiro atoms. The largest absolute Gasteiger partial charge is 0.303 e. The summed E-state index contributed by atoms with van der Waals surface area (Å²) in [5, 5.41) is 0. The van der Waals surface area contributed by atoms with E-state index in [-0.39, 0.29) is 0 Å². The first-order chi connectivity index (χ1) is 16.9. The van der Waals surface area contributed by atoms with Crippen molar-refractivity contribution in [3.63, 3.8) is 0 Å². The predicted molar refractivity (Wildman–Crippen MR) is 148 cm³/mol. The van der Waals surface area contributed by atoms with Gasteiger partial charge in [0.05, 0.1) is 0 Å². The number of hydrogen-bond donors (Lipinski definition) is 0. The highest BCUT2D eigenvalue weighted by molar-refractivity contribution is 4.90. The number of hydrogen-bond acceptors (Lipinski definition) is 2. The maximum Gasteiger partial charge on any atom is 0.00127 e. The van der Waals surface area contributed by atoms with E-state index in [1.807, 2.05) is 0 Å². The molecule has 0 N–H and O–H groups in total. The predicted octanol–water partition coefficient (Wildman–Crippen LogP) is 8.69. The van der Waals surface area contributed by atoms with Crippen LogP contribution in [0.1, 0.15) is 141 Å². The number of rotatable bonds is 0. The van der Waals surface area contributed by atoms with Crippen molar-refractivity contribution in [1.82, 2.24) is 9.80 Å². The third-order valence-electron chi connectivity index (χ3n) is 10.3. The van der Waals surface area contributed by atoms with Crippen molar-refractivity contribution in [3.8, 4) is 0 Å². The first kappa shape index (κ1) is 27.0. The number of piperidine rings is 2. The van der Waals surface area contributed by atoms with Gasteiger partial charge in [0.2, 0.25) is 0 Å². The van der Waals surface area contributed by atoms with Crippen LogP contribution >= 0.6 is 0 Å². The molecular formula is C32H60N2. The maximum atomic E-state index is 2.97. The molecule has 2 heteroatoms. The smallest absolute Gasteiger partial charge is 0.00127 e. The zero-order valence-electron chi connectivity index (χ0n) is 23.0. The Labute approximate surface area is 214 Å². The molecule has 6 atom stereocenters. The highest BCUT2D eigenvalue weighted by Crippen LogP contribution is 2.40. The molecule has 2 nitrogen and oxygen atoms in total. The van der Waals surface area contributed by atoms with E-state index in [9.17, 15) is 0 Å². The van der Waals surface area contributed by atoms with Gasteiger partial charge in [-0.15, -0.1) is 0 Å². The Balaban J connectivity index is 1.44. The van der Waals surface area contributed by atoms with E-state index in [4.69, 9.17) is 0 Å². The van der Waals surface area contributed by atoms with Crippen LogP contribution in [-0.4, -0.2) is 49.1 Å². The summed E-state index contributed by atoms with van der Waals surface area (Å²) in [6.07, 6.45) is 33.0. The topological polar surface area (TPSA) is 6.48 Å². The fourth-order valence-corrected chi connectivity index (χ4v) is 8.29.